The Bertz CT molecular complexity index is 1050. The van der Waals surface area contributed by atoms with Gasteiger partial charge in [0.25, 0.3) is 0 Å². The third-order valence-electron chi connectivity index (χ3n) is 5.38. The predicted molar refractivity (Wildman–Crippen MR) is 119 cm³/mol. The maximum atomic E-state index is 13.0. The van der Waals surface area contributed by atoms with E-state index in [0.717, 1.165) is 26.7 Å². The summed E-state index contributed by atoms with van der Waals surface area (Å²) >= 11 is 3.35. The van der Waals surface area contributed by atoms with Gasteiger partial charge in [0.05, 0.1) is 0 Å². The van der Waals surface area contributed by atoms with E-state index < -0.39 is 18.1 Å². The molecule has 1 aliphatic carbocycles. The van der Waals surface area contributed by atoms with Crippen molar-refractivity contribution in [1.29, 1.82) is 0 Å². The molecule has 1 N–H and O–H groups in total. The number of ether oxygens (including phenoxy) is 1. The standard InChI is InChI=1S/C24H20BrNO4/c1-15(23(27)28)26(17-12-10-16(25)11-13-17)24(29)30-14-22-20-8-4-2-6-18(20)19-7-3-5-9-21(19)22/h2-13,15,22H,14H2,1H3,(H,27,28)/t15-/m0/s1. The Morgan fingerprint density at radius 1 is 0.967 bits per heavy atom. The lowest BCUT2D eigenvalue weighted by Gasteiger charge is -2.26. The third kappa shape index (κ3) is 3.71. The molecule has 152 valence electrons. The maximum Gasteiger partial charge on any atom is 0.415 e. The average Bonchev–Trinajstić information content (AvgIpc) is 3.07. The van der Waals surface area contributed by atoms with Crippen molar-refractivity contribution in [2.45, 2.75) is 18.9 Å². The molecule has 0 saturated carbocycles. The molecule has 0 fully saturated rings. The molecule has 0 radical (unpaired) electrons. The molecule has 0 spiro atoms. The van der Waals surface area contributed by atoms with Crippen LogP contribution in [-0.4, -0.2) is 29.8 Å². The molecule has 0 aromatic heterocycles. The Kier molecular flexibility index (Phi) is 5.59. The zero-order valence-corrected chi connectivity index (χ0v) is 17.9. The number of hydrogen-bond acceptors (Lipinski definition) is 3. The van der Waals surface area contributed by atoms with Crippen LogP contribution in [0.25, 0.3) is 11.1 Å². The summed E-state index contributed by atoms with van der Waals surface area (Å²) in [4.78, 5) is 25.8. The van der Waals surface area contributed by atoms with Crippen LogP contribution in [0.5, 0.6) is 0 Å². The van der Waals surface area contributed by atoms with Crippen molar-refractivity contribution >= 4 is 33.7 Å². The molecule has 0 bridgehead atoms. The van der Waals surface area contributed by atoms with E-state index in [2.05, 4.69) is 28.1 Å². The summed E-state index contributed by atoms with van der Waals surface area (Å²) in [6.07, 6.45) is -0.686. The van der Waals surface area contributed by atoms with Crippen LogP contribution in [0.4, 0.5) is 10.5 Å². The summed E-state index contributed by atoms with van der Waals surface area (Å²) < 4.78 is 6.50. The number of aliphatic carboxylic acids is 1. The number of carbonyl (C=O) groups is 2. The summed E-state index contributed by atoms with van der Waals surface area (Å²) in [5.74, 6) is -1.19. The zero-order valence-electron chi connectivity index (χ0n) is 16.3. The van der Waals surface area contributed by atoms with Gasteiger partial charge < -0.3 is 9.84 Å². The van der Waals surface area contributed by atoms with E-state index in [1.807, 2.05) is 36.4 Å². The van der Waals surface area contributed by atoms with Crippen molar-refractivity contribution in [2.24, 2.45) is 0 Å². The molecular formula is C24H20BrNO4. The molecule has 3 aromatic rings. The molecule has 6 heteroatoms. The second kappa shape index (κ2) is 8.32. The number of rotatable bonds is 5. The highest BCUT2D eigenvalue weighted by Crippen LogP contribution is 2.44. The number of anilines is 1. The van der Waals surface area contributed by atoms with Crippen LogP contribution < -0.4 is 4.90 Å². The number of hydrogen-bond donors (Lipinski definition) is 1. The maximum absolute atomic E-state index is 13.0. The van der Waals surface area contributed by atoms with Gasteiger partial charge in [0.2, 0.25) is 0 Å². The van der Waals surface area contributed by atoms with E-state index in [1.54, 1.807) is 24.3 Å². The summed E-state index contributed by atoms with van der Waals surface area (Å²) in [7, 11) is 0. The highest BCUT2D eigenvalue weighted by molar-refractivity contribution is 9.10. The lowest BCUT2D eigenvalue weighted by atomic mass is 9.98. The number of carboxylic acid groups (broad SMARTS) is 1. The average molecular weight is 466 g/mol. The van der Waals surface area contributed by atoms with E-state index >= 15 is 0 Å². The number of fused-ring (bicyclic) bond motifs is 3. The second-order valence-corrected chi connectivity index (χ2v) is 8.08. The van der Waals surface area contributed by atoms with Gasteiger partial charge in [-0.15, -0.1) is 0 Å². The van der Waals surface area contributed by atoms with Crippen molar-refractivity contribution in [2.75, 3.05) is 11.5 Å². The van der Waals surface area contributed by atoms with Crippen LogP contribution in [0.3, 0.4) is 0 Å². The van der Waals surface area contributed by atoms with Crippen LogP contribution in [0.15, 0.2) is 77.3 Å². The fourth-order valence-corrected chi connectivity index (χ4v) is 4.13. The number of benzene rings is 3. The summed E-state index contributed by atoms with van der Waals surface area (Å²) in [5.41, 5.74) is 4.95. The van der Waals surface area contributed by atoms with Gasteiger partial charge in [-0.25, -0.2) is 9.59 Å². The van der Waals surface area contributed by atoms with Gasteiger partial charge in [-0.2, -0.15) is 0 Å². The van der Waals surface area contributed by atoms with Crippen molar-refractivity contribution < 1.29 is 19.4 Å². The Hall–Kier alpha value is -3.12. The van der Waals surface area contributed by atoms with Crippen molar-refractivity contribution in [3.63, 3.8) is 0 Å². The number of nitrogens with zero attached hydrogens (tertiary/aromatic N) is 1. The zero-order chi connectivity index (χ0) is 21.3. The van der Waals surface area contributed by atoms with Gasteiger partial charge in [-0.05, 0) is 53.4 Å². The monoisotopic (exact) mass is 465 g/mol. The van der Waals surface area contributed by atoms with Crippen molar-refractivity contribution in [3.8, 4) is 11.1 Å². The number of carbonyl (C=O) groups excluding carboxylic acids is 1. The quantitative estimate of drug-likeness (QED) is 0.526. The third-order valence-corrected chi connectivity index (χ3v) is 5.91. The molecule has 3 aromatic carbocycles. The first-order valence-electron chi connectivity index (χ1n) is 9.60. The lowest BCUT2D eigenvalue weighted by Crippen LogP contribution is -2.44. The molecule has 30 heavy (non-hydrogen) atoms. The largest absolute Gasteiger partial charge is 0.480 e. The van der Waals surface area contributed by atoms with Crippen LogP contribution in [0.1, 0.15) is 24.0 Å². The second-order valence-electron chi connectivity index (χ2n) is 7.16. The summed E-state index contributed by atoms with van der Waals surface area (Å²) in [6, 6.07) is 22.0. The number of carboxylic acids is 1. The van der Waals surface area contributed by atoms with E-state index in [0.29, 0.717) is 5.69 Å². The summed E-state index contributed by atoms with van der Waals surface area (Å²) in [6.45, 7) is 1.60. The van der Waals surface area contributed by atoms with Gasteiger partial charge >= 0.3 is 12.1 Å². The SMILES string of the molecule is C[C@@H](C(=O)O)N(C(=O)OCC1c2ccccc2-c2ccccc21)c1ccc(Br)cc1. The van der Waals surface area contributed by atoms with E-state index in [-0.39, 0.29) is 12.5 Å². The molecule has 1 amide bonds. The van der Waals surface area contributed by atoms with Gasteiger partial charge in [0, 0.05) is 16.1 Å². The molecule has 5 nitrogen and oxygen atoms in total. The summed E-state index contributed by atoms with van der Waals surface area (Å²) in [5, 5.41) is 9.50. The molecule has 1 aliphatic rings. The molecule has 0 aliphatic heterocycles. The minimum Gasteiger partial charge on any atom is -0.480 e. The molecule has 0 heterocycles. The van der Waals surface area contributed by atoms with Gasteiger partial charge in [0.15, 0.2) is 0 Å². The van der Waals surface area contributed by atoms with E-state index in [1.165, 1.54) is 11.8 Å². The Labute approximate surface area is 183 Å². The first-order chi connectivity index (χ1) is 14.5. The highest BCUT2D eigenvalue weighted by atomic mass is 79.9. The highest BCUT2D eigenvalue weighted by Gasteiger charge is 2.32. The minimum atomic E-state index is -1.11. The molecule has 1 atom stereocenters. The normalized spacial score (nSPS) is 13.3. The predicted octanol–water partition coefficient (Wildman–Crippen LogP) is 5.68. The molecule has 0 unspecified atom stereocenters. The smallest absolute Gasteiger partial charge is 0.415 e. The van der Waals surface area contributed by atoms with Crippen LogP contribution >= 0.6 is 15.9 Å². The minimum absolute atomic E-state index is 0.0896. The first-order valence-corrected chi connectivity index (χ1v) is 10.4. The van der Waals surface area contributed by atoms with Gasteiger partial charge in [0.1, 0.15) is 12.6 Å². The van der Waals surface area contributed by atoms with Crippen LogP contribution in [0.2, 0.25) is 0 Å². The number of amides is 1. The lowest BCUT2D eigenvalue weighted by molar-refractivity contribution is -0.138. The topological polar surface area (TPSA) is 66.8 Å². The van der Waals surface area contributed by atoms with Crippen LogP contribution in [-0.2, 0) is 9.53 Å². The molecule has 4 rings (SSSR count). The Balaban J connectivity index is 1.59. The van der Waals surface area contributed by atoms with Crippen molar-refractivity contribution in [3.05, 3.63) is 88.4 Å². The van der Waals surface area contributed by atoms with E-state index in [4.69, 9.17) is 4.74 Å². The molecule has 0 saturated heterocycles. The van der Waals surface area contributed by atoms with Gasteiger partial charge in [-0.3, -0.25) is 4.90 Å². The Morgan fingerprint density at radius 3 is 2.03 bits per heavy atom. The molecular weight excluding hydrogens is 446 g/mol. The van der Waals surface area contributed by atoms with Gasteiger partial charge in [-0.1, -0.05) is 64.5 Å². The van der Waals surface area contributed by atoms with Crippen molar-refractivity contribution in [1.82, 2.24) is 0 Å². The fourth-order valence-electron chi connectivity index (χ4n) is 3.86. The number of halogens is 1. The van der Waals surface area contributed by atoms with E-state index in [9.17, 15) is 14.7 Å². The first kappa shape index (κ1) is 20.2. The fraction of sp³-hybridized carbons (Fsp3) is 0.167. The Morgan fingerprint density at radius 2 is 1.50 bits per heavy atom. The van der Waals surface area contributed by atoms with Crippen LogP contribution in [0, 0.1) is 0 Å².